The first-order chi connectivity index (χ1) is 15.5. The number of aryl methyl sites for hydroxylation is 2. The molecule has 32 heavy (non-hydrogen) atoms. The van der Waals surface area contributed by atoms with Crippen molar-refractivity contribution in [3.63, 3.8) is 0 Å². The van der Waals surface area contributed by atoms with Crippen molar-refractivity contribution < 1.29 is 18.8 Å². The first-order valence-corrected chi connectivity index (χ1v) is 9.94. The van der Waals surface area contributed by atoms with Gasteiger partial charge in [-0.3, -0.25) is 14.2 Å². The molecular weight excluding hydrogens is 412 g/mol. The summed E-state index contributed by atoms with van der Waals surface area (Å²) in [7, 11) is 3.06. The third-order valence-corrected chi connectivity index (χ3v) is 5.02. The Kier molecular flexibility index (Phi) is 5.89. The number of carbonyl (C=O) groups excluding carboxylic acids is 1. The maximum absolute atomic E-state index is 12.8. The van der Waals surface area contributed by atoms with E-state index in [0.717, 1.165) is 11.1 Å². The Balaban J connectivity index is 1.48. The molecule has 2 heterocycles. The van der Waals surface area contributed by atoms with E-state index in [-0.39, 0.29) is 30.0 Å². The van der Waals surface area contributed by atoms with E-state index in [9.17, 15) is 9.59 Å². The largest absolute Gasteiger partial charge is 0.493 e. The van der Waals surface area contributed by atoms with E-state index >= 15 is 0 Å². The standard InChI is InChI=1S/C23H22N4O5/c1-14-4-6-15(7-5-14)20-21-22(32-26-20)23(29)27(13-24-21)11-10-19(28)25-16-8-9-17(30-2)18(12-16)31-3/h4-9,12-13H,10-11H2,1-3H3,(H,25,28). The Morgan fingerprint density at radius 3 is 2.56 bits per heavy atom. The minimum atomic E-state index is -0.389. The molecule has 1 N–H and O–H groups in total. The van der Waals surface area contributed by atoms with Crippen molar-refractivity contribution in [1.29, 1.82) is 0 Å². The molecule has 0 saturated carbocycles. The lowest BCUT2D eigenvalue weighted by Crippen LogP contribution is -2.23. The summed E-state index contributed by atoms with van der Waals surface area (Å²) in [6.07, 6.45) is 1.48. The highest BCUT2D eigenvalue weighted by atomic mass is 16.5. The van der Waals surface area contributed by atoms with Gasteiger partial charge in [-0.05, 0) is 19.1 Å². The minimum Gasteiger partial charge on any atom is -0.493 e. The Hall–Kier alpha value is -4.14. The lowest BCUT2D eigenvalue weighted by atomic mass is 10.1. The zero-order valence-corrected chi connectivity index (χ0v) is 17.9. The van der Waals surface area contributed by atoms with Gasteiger partial charge in [-0.15, -0.1) is 0 Å². The van der Waals surface area contributed by atoms with Gasteiger partial charge in [0, 0.05) is 30.3 Å². The van der Waals surface area contributed by atoms with Crippen molar-refractivity contribution in [3.8, 4) is 22.8 Å². The van der Waals surface area contributed by atoms with Crippen LogP contribution in [0.25, 0.3) is 22.4 Å². The number of aromatic nitrogens is 3. The van der Waals surface area contributed by atoms with Gasteiger partial charge >= 0.3 is 0 Å². The van der Waals surface area contributed by atoms with Gasteiger partial charge in [-0.25, -0.2) is 4.98 Å². The predicted octanol–water partition coefficient (Wildman–Crippen LogP) is 3.41. The van der Waals surface area contributed by atoms with Gasteiger partial charge in [0.25, 0.3) is 11.1 Å². The number of nitrogens with zero attached hydrogens (tertiary/aromatic N) is 3. The maximum atomic E-state index is 12.8. The molecule has 2 aromatic carbocycles. The van der Waals surface area contributed by atoms with Crippen LogP contribution in [-0.4, -0.2) is 34.8 Å². The Morgan fingerprint density at radius 1 is 1.09 bits per heavy atom. The van der Waals surface area contributed by atoms with E-state index in [1.54, 1.807) is 18.2 Å². The molecule has 2 aromatic heterocycles. The van der Waals surface area contributed by atoms with E-state index in [0.29, 0.717) is 28.4 Å². The average molecular weight is 434 g/mol. The predicted molar refractivity (Wildman–Crippen MR) is 119 cm³/mol. The molecule has 0 spiro atoms. The summed E-state index contributed by atoms with van der Waals surface area (Å²) in [5, 5.41) is 6.81. The van der Waals surface area contributed by atoms with Crippen molar-refractivity contribution in [3.05, 3.63) is 64.7 Å². The van der Waals surface area contributed by atoms with Crippen LogP contribution in [0.3, 0.4) is 0 Å². The SMILES string of the molecule is COc1ccc(NC(=O)CCn2cnc3c(-c4ccc(C)cc4)noc3c2=O)cc1OC. The van der Waals surface area contributed by atoms with Gasteiger partial charge in [0.1, 0.15) is 11.2 Å². The van der Waals surface area contributed by atoms with Gasteiger partial charge < -0.3 is 19.3 Å². The van der Waals surface area contributed by atoms with Crippen LogP contribution in [0.15, 0.2) is 58.1 Å². The van der Waals surface area contributed by atoms with Crippen LogP contribution >= 0.6 is 0 Å². The highest BCUT2D eigenvalue weighted by Crippen LogP contribution is 2.29. The fourth-order valence-corrected chi connectivity index (χ4v) is 3.28. The quantitative estimate of drug-likeness (QED) is 0.475. The minimum absolute atomic E-state index is 0.0587. The second-order valence-corrected chi connectivity index (χ2v) is 7.19. The second-order valence-electron chi connectivity index (χ2n) is 7.19. The summed E-state index contributed by atoms with van der Waals surface area (Å²) < 4.78 is 17.0. The molecule has 0 aliphatic heterocycles. The number of rotatable bonds is 7. The summed E-state index contributed by atoms with van der Waals surface area (Å²) in [5.74, 6) is 0.807. The monoisotopic (exact) mass is 434 g/mol. The summed E-state index contributed by atoms with van der Waals surface area (Å²) in [6.45, 7) is 2.13. The Bertz CT molecular complexity index is 1320. The molecule has 9 heteroatoms. The molecule has 0 atom stereocenters. The molecule has 0 saturated heterocycles. The molecule has 4 rings (SSSR count). The van der Waals surface area contributed by atoms with E-state index < -0.39 is 0 Å². The number of hydrogen-bond donors (Lipinski definition) is 1. The molecule has 4 aromatic rings. The Morgan fingerprint density at radius 2 is 1.84 bits per heavy atom. The van der Waals surface area contributed by atoms with E-state index in [4.69, 9.17) is 14.0 Å². The molecule has 0 unspecified atom stereocenters. The molecule has 1 amide bonds. The van der Waals surface area contributed by atoms with Crippen molar-refractivity contribution in [2.75, 3.05) is 19.5 Å². The number of fused-ring (bicyclic) bond motifs is 1. The Labute approximate surface area is 183 Å². The molecule has 9 nitrogen and oxygen atoms in total. The third kappa shape index (κ3) is 4.18. The lowest BCUT2D eigenvalue weighted by molar-refractivity contribution is -0.116. The molecular formula is C23H22N4O5. The molecule has 0 aliphatic carbocycles. The molecule has 0 bridgehead atoms. The summed E-state index contributed by atoms with van der Waals surface area (Å²) in [4.78, 5) is 29.5. The van der Waals surface area contributed by atoms with Crippen molar-refractivity contribution in [2.45, 2.75) is 19.9 Å². The summed E-state index contributed by atoms with van der Waals surface area (Å²) in [6, 6.07) is 12.8. The van der Waals surface area contributed by atoms with Crippen LogP contribution in [0, 0.1) is 6.92 Å². The lowest BCUT2D eigenvalue weighted by Gasteiger charge is -2.11. The maximum Gasteiger partial charge on any atom is 0.299 e. The van der Waals surface area contributed by atoms with E-state index in [1.165, 1.54) is 25.1 Å². The number of hydrogen-bond acceptors (Lipinski definition) is 7. The number of methoxy groups -OCH3 is 2. The van der Waals surface area contributed by atoms with Crippen molar-refractivity contribution >= 4 is 22.7 Å². The second kappa shape index (κ2) is 8.93. The fraction of sp³-hybridized carbons (Fsp3) is 0.217. The van der Waals surface area contributed by atoms with Gasteiger partial charge in [-0.2, -0.15) is 0 Å². The highest BCUT2D eigenvalue weighted by molar-refractivity contribution is 5.91. The topological polar surface area (TPSA) is 108 Å². The first-order valence-electron chi connectivity index (χ1n) is 9.94. The molecule has 0 aliphatic rings. The number of carbonyl (C=O) groups is 1. The number of anilines is 1. The van der Waals surface area contributed by atoms with Gasteiger partial charge in [-0.1, -0.05) is 35.0 Å². The first kappa shape index (κ1) is 21.1. The van der Waals surface area contributed by atoms with Crippen LogP contribution in [0.5, 0.6) is 11.5 Å². The van der Waals surface area contributed by atoms with Crippen LogP contribution in [0.2, 0.25) is 0 Å². The molecule has 0 radical (unpaired) electrons. The zero-order valence-electron chi connectivity index (χ0n) is 17.9. The molecule has 0 fully saturated rings. The van der Waals surface area contributed by atoms with Crippen LogP contribution in [0.4, 0.5) is 5.69 Å². The summed E-state index contributed by atoms with van der Waals surface area (Å²) >= 11 is 0. The smallest absolute Gasteiger partial charge is 0.299 e. The highest BCUT2D eigenvalue weighted by Gasteiger charge is 2.17. The molecule has 164 valence electrons. The van der Waals surface area contributed by atoms with Crippen molar-refractivity contribution in [2.24, 2.45) is 0 Å². The summed E-state index contributed by atoms with van der Waals surface area (Å²) in [5.41, 5.74) is 3.06. The number of ether oxygens (including phenoxy) is 2. The van der Waals surface area contributed by atoms with Crippen LogP contribution < -0.4 is 20.3 Å². The van der Waals surface area contributed by atoms with Crippen molar-refractivity contribution in [1.82, 2.24) is 14.7 Å². The van der Waals surface area contributed by atoms with E-state index in [1.807, 2.05) is 31.2 Å². The average Bonchev–Trinajstić information content (AvgIpc) is 3.24. The van der Waals surface area contributed by atoms with Gasteiger partial charge in [0.2, 0.25) is 5.91 Å². The van der Waals surface area contributed by atoms with E-state index in [2.05, 4.69) is 15.5 Å². The van der Waals surface area contributed by atoms with Gasteiger partial charge in [0.15, 0.2) is 11.5 Å². The van der Waals surface area contributed by atoms with Crippen LogP contribution in [0.1, 0.15) is 12.0 Å². The third-order valence-electron chi connectivity index (χ3n) is 5.02. The number of amides is 1. The van der Waals surface area contributed by atoms with Crippen LogP contribution in [-0.2, 0) is 11.3 Å². The normalized spacial score (nSPS) is 10.8. The zero-order chi connectivity index (χ0) is 22.7. The number of benzene rings is 2. The fourth-order valence-electron chi connectivity index (χ4n) is 3.28. The number of nitrogens with one attached hydrogen (secondary N) is 1. The van der Waals surface area contributed by atoms with Gasteiger partial charge in [0.05, 0.1) is 20.5 Å².